The summed E-state index contributed by atoms with van der Waals surface area (Å²) >= 11 is 0. The standard InChI is InChI=1S/C34H54N4O7/c1-9-19-37(34(23(7)8,33(44)45)27(39)18-14-17-24-15-12-11-13-16-24)30(41)26(20-21(3)4)38(31(42)28(36)22(5)6)32(43)29(40)25(35)10-2/h11-13,15-16,21-23,25-26,28H,9-10,14,17-20,35-36H2,1-8H3,(H,44,45)/t25?,26-,28+,34-/m1/s1. The lowest BCUT2D eigenvalue weighted by molar-refractivity contribution is -0.173. The number of Topliss-reactive ketones (excluding diaryl/α,β-unsaturated/α-hetero) is 2. The van der Waals surface area contributed by atoms with Crippen LogP contribution in [-0.2, 0) is 35.2 Å². The lowest BCUT2D eigenvalue weighted by Gasteiger charge is -2.45. The maximum atomic E-state index is 14.7. The van der Waals surface area contributed by atoms with Gasteiger partial charge in [-0.1, -0.05) is 85.7 Å². The predicted molar refractivity (Wildman–Crippen MR) is 173 cm³/mol. The Kier molecular flexibility index (Phi) is 15.7. The first kappa shape index (κ1) is 39.6. The Morgan fingerprint density at radius 2 is 1.47 bits per heavy atom. The molecular weight excluding hydrogens is 576 g/mol. The van der Waals surface area contributed by atoms with Crippen LogP contribution in [0.25, 0.3) is 0 Å². The lowest BCUT2D eigenvalue weighted by atomic mass is 9.77. The number of aryl methyl sites for hydroxylation is 1. The highest BCUT2D eigenvalue weighted by Gasteiger charge is 2.56. The number of carboxylic acids is 1. The van der Waals surface area contributed by atoms with Crippen molar-refractivity contribution in [2.45, 2.75) is 118 Å². The zero-order valence-corrected chi connectivity index (χ0v) is 28.2. The number of hydrogen-bond acceptors (Lipinski definition) is 8. The summed E-state index contributed by atoms with van der Waals surface area (Å²) in [5.41, 5.74) is 10.8. The molecule has 1 aromatic carbocycles. The summed E-state index contributed by atoms with van der Waals surface area (Å²) in [6, 6.07) is 5.40. The fraction of sp³-hybridized carbons (Fsp3) is 0.647. The minimum atomic E-state index is -2.29. The van der Waals surface area contributed by atoms with E-state index in [1.807, 2.05) is 30.3 Å². The van der Waals surface area contributed by atoms with E-state index in [9.17, 15) is 33.9 Å². The van der Waals surface area contributed by atoms with E-state index in [2.05, 4.69) is 0 Å². The molecule has 11 nitrogen and oxygen atoms in total. The Labute approximate surface area is 268 Å². The van der Waals surface area contributed by atoms with E-state index in [4.69, 9.17) is 11.5 Å². The molecule has 0 aliphatic carbocycles. The van der Waals surface area contributed by atoms with Crippen LogP contribution in [0.5, 0.6) is 0 Å². The van der Waals surface area contributed by atoms with Crippen molar-refractivity contribution in [2.24, 2.45) is 29.2 Å². The van der Waals surface area contributed by atoms with Crippen LogP contribution in [0, 0.1) is 17.8 Å². The molecule has 0 radical (unpaired) electrons. The Balaban J connectivity index is 3.84. The minimum absolute atomic E-state index is 0.0913. The number of ketones is 2. The number of imide groups is 1. The first-order valence-electron chi connectivity index (χ1n) is 16.0. The summed E-state index contributed by atoms with van der Waals surface area (Å²) in [6.45, 7) is 13.2. The molecule has 3 amide bonds. The van der Waals surface area contributed by atoms with Crippen molar-refractivity contribution in [1.29, 1.82) is 0 Å². The highest BCUT2D eigenvalue weighted by atomic mass is 16.4. The minimum Gasteiger partial charge on any atom is -0.479 e. The second-order valence-corrected chi connectivity index (χ2v) is 12.8. The molecule has 0 aromatic heterocycles. The number of hydrogen-bond donors (Lipinski definition) is 3. The second kappa shape index (κ2) is 17.9. The number of benzene rings is 1. The van der Waals surface area contributed by atoms with E-state index in [1.54, 1.807) is 55.4 Å². The highest BCUT2D eigenvalue weighted by Crippen LogP contribution is 2.32. The maximum absolute atomic E-state index is 14.7. The van der Waals surface area contributed by atoms with Crippen molar-refractivity contribution in [3.8, 4) is 0 Å². The fourth-order valence-corrected chi connectivity index (χ4v) is 5.48. The number of nitrogens with two attached hydrogens (primary N) is 2. The molecule has 0 bridgehead atoms. The van der Waals surface area contributed by atoms with Crippen molar-refractivity contribution >= 4 is 35.3 Å². The molecule has 252 valence electrons. The van der Waals surface area contributed by atoms with Gasteiger partial charge in [0, 0.05) is 13.0 Å². The molecule has 0 aliphatic rings. The summed E-state index contributed by atoms with van der Waals surface area (Å²) < 4.78 is 0. The first-order chi connectivity index (χ1) is 21.0. The summed E-state index contributed by atoms with van der Waals surface area (Å²) in [5, 5.41) is 10.7. The Morgan fingerprint density at radius 3 is 1.91 bits per heavy atom. The number of aliphatic carboxylic acids is 1. The molecule has 1 unspecified atom stereocenters. The average Bonchev–Trinajstić information content (AvgIpc) is 2.98. The van der Waals surface area contributed by atoms with E-state index in [0.29, 0.717) is 17.7 Å². The number of carbonyl (C=O) groups excluding carboxylic acids is 5. The molecule has 4 atom stereocenters. The summed E-state index contributed by atoms with van der Waals surface area (Å²) in [7, 11) is 0. The zero-order chi connectivity index (χ0) is 34.6. The number of carboxylic acid groups (broad SMARTS) is 1. The van der Waals surface area contributed by atoms with Gasteiger partial charge in [0.05, 0.1) is 12.1 Å². The van der Waals surface area contributed by atoms with Gasteiger partial charge >= 0.3 is 5.97 Å². The largest absolute Gasteiger partial charge is 0.479 e. The van der Waals surface area contributed by atoms with Crippen LogP contribution >= 0.6 is 0 Å². The molecule has 1 aromatic rings. The normalized spacial score (nSPS) is 14.9. The quantitative estimate of drug-likeness (QED) is 0.152. The van der Waals surface area contributed by atoms with Gasteiger partial charge in [-0.15, -0.1) is 0 Å². The van der Waals surface area contributed by atoms with Crippen LogP contribution in [0.2, 0.25) is 0 Å². The van der Waals surface area contributed by atoms with Gasteiger partial charge in [0.15, 0.2) is 5.78 Å². The predicted octanol–water partition coefficient (Wildman–Crippen LogP) is 3.36. The average molecular weight is 631 g/mol. The fourth-order valence-electron chi connectivity index (χ4n) is 5.48. The van der Waals surface area contributed by atoms with Gasteiger partial charge in [-0.3, -0.25) is 28.9 Å². The molecule has 0 spiro atoms. The number of rotatable bonds is 19. The van der Waals surface area contributed by atoms with Gasteiger partial charge in [0.1, 0.15) is 6.04 Å². The summed E-state index contributed by atoms with van der Waals surface area (Å²) in [5.74, 6) is -7.95. The highest BCUT2D eigenvalue weighted by molar-refractivity contribution is 6.41. The van der Waals surface area contributed by atoms with E-state index < -0.39 is 70.8 Å². The topological polar surface area (TPSA) is 181 Å². The number of carbonyl (C=O) groups is 6. The summed E-state index contributed by atoms with van der Waals surface area (Å²) in [4.78, 5) is 84.2. The molecule has 0 saturated heterocycles. The van der Waals surface area contributed by atoms with Crippen molar-refractivity contribution in [3.05, 3.63) is 35.9 Å². The van der Waals surface area contributed by atoms with Crippen LogP contribution in [0.3, 0.4) is 0 Å². The van der Waals surface area contributed by atoms with E-state index in [-0.39, 0.29) is 38.1 Å². The molecule has 1 rings (SSSR count). The van der Waals surface area contributed by atoms with E-state index in [1.165, 1.54) is 0 Å². The first-order valence-corrected chi connectivity index (χ1v) is 16.0. The molecule has 5 N–H and O–H groups in total. The molecule has 0 fully saturated rings. The van der Waals surface area contributed by atoms with Gasteiger partial charge < -0.3 is 21.5 Å². The molecule has 45 heavy (non-hydrogen) atoms. The number of amides is 3. The number of nitrogens with zero attached hydrogens (tertiary/aromatic N) is 2. The van der Waals surface area contributed by atoms with Gasteiger partial charge in [0.25, 0.3) is 5.91 Å². The van der Waals surface area contributed by atoms with Crippen molar-refractivity contribution in [3.63, 3.8) is 0 Å². The van der Waals surface area contributed by atoms with Gasteiger partial charge in [-0.25, -0.2) is 4.79 Å². The van der Waals surface area contributed by atoms with Crippen LogP contribution in [0.1, 0.15) is 93.1 Å². The van der Waals surface area contributed by atoms with E-state index in [0.717, 1.165) is 10.5 Å². The maximum Gasteiger partial charge on any atom is 0.337 e. The SMILES string of the molecule is CCCN(C(=O)[C@@H](CC(C)C)N(C(=O)C(=O)C(N)CC)C(=O)[C@@H](N)C(C)C)[C@@](C(=O)O)(C(=O)CCCc1ccccc1)C(C)C. The Bertz CT molecular complexity index is 1180. The monoisotopic (exact) mass is 630 g/mol. The third-order valence-electron chi connectivity index (χ3n) is 8.18. The third-order valence-corrected chi connectivity index (χ3v) is 8.18. The van der Waals surface area contributed by atoms with Gasteiger partial charge in [-0.2, -0.15) is 0 Å². The van der Waals surface area contributed by atoms with Crippen LogP contribution < -0.4 is 11.5 Å². The summed E-state index contributed by atoms with van der Waals surface area (Å²) in [6.07, 6.45) is 1.07. The third kappa shape index (κ3) is 9.53. The molecule has 0 saturated carbocycles. The van der Waals surface area contributed by atoms with Crippen LogP contribution in [-0.4, -0.2) is 80.4 Å². The zero-order valence-electron chi connectivity index (χ0n) is 28.2. The van der Waals surface area contributed by atoms with Gasteiger partial charge in [0.2, 0.25) is 23.1 Å². The smallest absolute Gasteiger partial charge is 0.337 e. The van der Waals surface area contributed by atoms with Crippen molar-refractivity contribution < 1.29 is 33.9 Å². The molecule has 0 aliphatic heterocycles. The van der Waals surface area contributed by atoms with E-state index >= 15 is 0 Å². The molecular formula is C34H54N4O7. The van der Waals surface area contributed by atoms with Crippen LogP contribution in [0.15, 0.2) is 30.3 Å². The van der Waals surface area contributed by atoms with Crippen LogP contribution in [0.4, 0.5) is 0 Å². The van der Waals surface area contributed by atoms with Crippen molar-refractivity contribution in [1.82, 2.24) is 9.80 Å². The van der Waals surface area contributed by atoms with Crippen molar-refractivity contribution in [2.75, 3.05) is 6.54 Å². The van der Waals surface area contributed by atoms with Gasteiger partial charge in [-0.05, 0) is 55.4 Å². The lowest BCUT2D eigenvalue weighted by Crippen LogP contribution is -2.69. The Morgan fingerprint density at radius 1 is 0.889 bits per heavy atom. The Hall–Kier alpha value is -3.44. The molecule has 11 heteroatoms. The second-order valence-electron chi connectivity index (χ2n) is 12.8. The molecule has 0 heterocycles.